The van der Waals surface area contributed by atoms with Gasteiger partial charge in [0, 0.05) is 7.05 Å². The van der Waals surface area contributed by atoms with Crippen LogP contribution in [0.2, 0.25) is 0 Å². The fraction of sp³-hybridized carbons (Fsp3) is 0.875. The zero-order valence-electron chi connectivity index (χ0n) is 7.82. The monoisotopic (exact) mass is 175 g/mol. The Morgan fingerprint density at radius 1 is 1.50 bits per heavy atom. The summed E-state index contributed by atoms with van der Waals surface area (Å²) in [6.07, 6.45) is -0.297. The number of hydrogen-bond donors (Lipinski definition) is 2. The van der Waals surface area contributed by atoms with E-state index in [4.69, 9.17) is 10.2 Å². The molecule has 72 valence electrons. The van der Waals surface area contributed by atoms with Crippen LogP contribution in [0.5, 0.6) is 0 Å². The van der Waals surface area contributed by atoms with Crippen molar-refractivity contribution >= 4 is 6.09 Å². The summed E-state index contributed by atoms with van der Waals surface area (Å²) in [6.45, 7) is 3.89. The third-order valence-electron chi connectivity index (χ3n) is 1.80. The Morgan fingerprint density at radius 3 is 2.25 bits per heavy atom. The van der Waals surface area contributed by atoms with Crippen LogP contribution in [0.1, 0.15) is 20.3 Å². The van der Waals surface area contributed by atoms with E-state index in [9.17, 15) is 4.79 Å². The van der Waals surface area contributed by atoms with Gasteiger partial charge in [-0.1, -0.05) is 13.8 Å². The van der Waals surface area contributed by atoms with Gasteiger partial charge in [-0.05, 0) is 12.3 Å². The molecule has 0 bridgehead atoms. The molecule has 12 heavy (non-hydrogen) atoms. The Hall–Kier alpha value is -0.770. The molecule has 4 heteroatoms. The lowest BCUT2D eigenvalue weighted by atomic mass is 10.0. The summed E-state index contributed by atoms with van der Waals surface area (Å²) < 4.78 is 0. The zero-order chi connectivity index (χ0) is 9.72. The number of rotatable bonds is 4. The summed E-state index contributed by atoms with van der Waals surface area (Å²) in [5, 5.41) is 17.5. The highest BCUT2D eigenvalue weighted by Crippen LogP contribution is 2.09. The molecule has 2 N–H and O–H groups in total. The summed E-state index contributed by atoms with van der Waals surface area (Å²) in [4.78, 5) is 11.6. The molecule has 0 aromatic carbocycles. The molecule has 4 nitrogen and oxygen atoms in total. The minimum atomic E-state index is -0.991. The minimum absolute atomic E-state index is 0.110. The van der Waals surface area contributed by atoms with Crippen LogP contribution in [0.4, 0.5) is 4.79 Å². The number of aliphatic hydroxyl groups excluding tert-OH is 1. The van der Waals surface area contributed by atoms with Crippen LogP contribution in [0.25, 0.3) is 0 Å². The highest BCUT2D eigenvalue weighted by atomic mass is 16.4. The number of amides is 1. The number of carboxylic acid groups (broad SMARTS) is 1. The Balaban J connectivity index is 4.05. The van der Waals surface area contributed by atoms with Gasteiger partial charge in [-0.15, -0.1) is 0 Å². The van der Waals surface area contributed by atoms with Crippen molar-refractivity contribution in [3.05, 3.63) is 0 Å². The first-order valence-corrected chi connectivity index (χ1v) is 4.05. The second kappa shape index (κ2) is 4.98. The maximum absolute atomic E-state index is 10.5. The molecule has 0 aliphatic carbocycles. The number of carbonyl (C=O) groups is 1. The molecule has 0 aromatic rings. The molecule has 1 unspecified atom stereocenters. The molecule has 0 fully saturated rings. The van der Waals surface area contributed by atoms with E-state index < -0.39 is 6.09 Å². The standard InChI is InChI=1S/C8H17NO3/c1-6(2)4-7(5-10)9(3)8(11)12/h6-7,10H,4-5H2,1-3H3,(H,11,12). The summed E-state index contributed by atoms with van der Waals surface area (Å²) in [7, 11) is 1.48. The first kappa shape index (κ1) is 11.2. The number of aliphatic hydroxyl groups is 1. The minimum Gasteiger partial charge on any atom is -0.465 e. The van der Waals surface area contributed by atoms with Crippen molar-refractivity contribution in [1.82, 2.24) is 4.90 Å². The third kappa shape index (κ3) is 3.57. The Bertz CT molecular complexity index is 147. The van der Waals surface area contributed by atoms with Gasteiger partial charge in [0.15, 0.2) is 0 Å². The van der Waals surface area contributed by atoms with E-state index in [1.807, 2.05) is 13.8 Å². The summed E-state index contributed by atoms with van der Waals surface area (Å²) in [5.74, 6) is 0.393. The predicted octanol–water partition coefficient (Wildman–Crippen LogP) is 1.00. The maximum atomic E-state index is 10.5. The molecule has 0 radical (unpaired) electrons. The van der Waals surface area contributed by atoms with Crippen molar-refractivity contribution in [2.45, 2.75) is 26.3 Å². The Kier molecular flexibility index (Phi) is 4.66. The lowest BCUT2D eigenvalue weighted by Gasteiger charge is -2.25. The van der Waals surface area contributed by atoms with Crippen LogP contribution >= 0.6 is 0 Å². The van der Waals surface area contributed by atoms with E-state index in [0.717, 1.165) is 4.90 Å². The molecule has 0 spiro atoms. The van der Waals surface area contributed by atoms with Crippen LogP contribution in [0, 0.1) is 5.92 Å². The lowest BCUT2D eigenvalue weighted by Crippen LogP contribution is -2.39. The van der Waals surface area contributed by atoms with Crippen molar-refractivity contribution in [2.75, 3.05) is 13.7 Å². The first-order valence-electron chi connectivity index (χ1n) is 4.05. The van der Waals surface area contributed by atoms with E-state index in [0.29, 0.717) is 12.3 Å². The normalized spacial score (nSPS) is 13.1. The highest BCUT2D eigenvalue weighted by Gasteiger charge is 2.18. The molecule has 0 rings (SSSR count). The molecule has 0 aliphatic heterocycles. The zero-order valence-corrected chi connectivity index (χ0v) is 7.82. The van der Waals surface area contributed by atoms with E-state index in [-0.39, 0.29) is 12.6 Å². The van der Waals surface area contributed by atoms with Crippen LogP contribution in [0.15, 0.2) is 0 Å². The molecular weight excluding hydrogens is 158 g/mol. The van der Waals surface area contributed by atoms with Gasteiger partial charge in [0.2, 0.25) is 0 Å². The number of nitrogens with zero attached hydrogens (tertiary/aromatic N) is 1. The summed E-state index contributed by atoms with van der Waals surface area (Å²) in [6, 6.07) is -0.275. The largest absolute Gasteiger partial charge is 0.465 e. The Labute approximate surface area is 72.8 Å². The fourth-order valence-corrected chi connectivity index (χ4v) is 1.06. The smallest absolute Gasteiger partial charge is 0.407 e. The molecular formula is C8H17NO3. The molecule has 0 heterocycles. The second-order valence-corrected chi connectivity index (χ2v) is 3.36. The van der Waals surface area contributed by atoms with Gasteiger partial charge in [0.1, 0.15) is 0 Å². The maximum Gasteiger partial charge on any atom is 0.407 e. The van der Waals surface area contributed by atoms with Crippen molar-refractivity contribution in [1.29, 1.82) is 0 Å². The predicted molar refractivity (Wildman–Crippen MR) is 46.1 cm³/mol. The first-order chi connectivity index (χ1) is 5.49. The molecule has 1 amide bonds. The third-order valence-corrected chi connectivity index (χ3v) is 1.80. The van der Waals surface area contributed by atoms with E-state index >= 15 is 0 Å². The molecule has 0 saturated heterocycles. The average Bonchev–Trinajstić information content (AvgIpc) is 1.98. The van der Waals surface area contributed by atoms with Crippen molar-refractivity contribution in [3.8, 4) is 0 Å². The van der Waals surface area contributed by atoms with Gasteiger partial charge < -0.3 is 15.1 Å². The van der Waals surface area contributed by atoms with Crippen LogP contribution in [-0.2, 0) is 0 Å². The SMILES string of the molecule is CC(C)CC(CO)N(C)C(=O)O. The van der Waals surface area contributed by atoms with Crippen molar-refractivity contribution in [3.63, 3.8) is 0 Å². The second-order valence-electron chi connectivity index (χ2n) is 3.36. The molecule has 0 saturated carbocycles. The van der Waals surface area contributed by atoms with Gasteiger partial charge in [-0.3, -0.25) is 0 Å². The van der Waals surface area contributed by atoms with Gasteiger partial charge >= 0.3 is 6.09 Å². The highest BCUT2D eigenvalue weighted by molar-refractivity contribution is 5.64. The Morgan fingerprint density at radius 2 is 2.00 bits per heavy atom. The summed E-state index contributed by atoms with van der Waals surface area (Å²) in [5.41, 5.74) is 0. The van der Waals surface area contributed by atoms with Crippen LogP contribution < -0.4 is 0 Å². The number of hydrogen-bond acceptors (Lipinski definition) is 2. The quantitative estimate of drug-likeness (QED) is 0.670. The fourth-order valence-electron chi connectivity index (χ4n) is 1.06. The topological polar surface area (TPSA) is 60.8 Å². The van der Waals surface area contributed by atoms with Crippen molar-refractivity contribution in [2.24, 2.45) is 5.92 Å². The molecule has 0 aliphatic rings. The summed E-state index contributed by atoms with van der Waals surface area (Å²) >= 11 is 0. The van der Waals surface area contributed by atoms with Crippen LogP contribution in [0.3, 0.4) is 0 Å². The average molecular weight is 175 g/mol. The molecule has 1 atom stereocenters. The van der Waals surface area contributed by atoms with Gasteiger partial charge in [-0.2, -0.15) is 0 Å². The van der Waals surface area contributed by atoms with Crippen molar-refractivity contribution < 1.29 is 15.0 Å². The van der Waals surface area contributed by atoms with E-state index in [1.165, 1.54) is 7.05 Å². The molecule has 0 aromatic heterocycles. The van der Waals surface area contributed by atoms with Gasteiger partial charge in [0.25, 0.3) is 0 Å². The van der Waals surface area contributed by atoms with E-state index in [2.05, 4.69) is 0 Å². The lowest BCUT2D eigenvalue weighted by molar-refractivity contribution is 0.104. The van der Waals surface area contributed by atoms with E-state index in [1.54, 1.807) is 0 Å². The van der Waals surface area contributed by atoms with Crippen LogP contribution in [-0.4, -0.2) is 40.9 Å². The van der Waals surface area contributed by atoms with Gasteiger partial charge in [0.05, 0.1) is 12.6 Å². The van der Waals surface area contributed by atoms with Gasteiger partial charge in [-0.25, -0.2) is 4.79 Å². The number of likely N-dealkylation sites (N-methyl/N-ethyl adjacent to an activating group) is 1.